The van der Waals surface area contributed by atoms with Gasteiger partial charge in [-0.15, -0.1) is 0 Å². The number of nitrogens with one attached hydrogen (secondary N) is 4. The molecule has 0 saturated carbocycles. The quantitative estimate of drug-likeness (QED) is 0.251. The molecule has 4 N–H and O–H groups in total. The molecule has 0 unspecified atom stereocenters. The molecule has 3 rings (SSSR count). The number of aromatic nitrogens is 2. The summed E-state index contributed by atoms with van der Waals surface area (Å²) in [4.78, 5) is 47.8. The minimum atomic E-state index is -0.970. The largest absolute Gasteiger partial charge is 0.445 e. The minimum absolute atomic E-state index is 0.0685. The molecule has 3 amide bonds. The van der Waals surface area contributed by atoms with Crippen molar-refractivity contribution in [1.29, 1.82) is 0 Å². The molecule has 3 aromatic rings. The Balaban J connectivity index is 1.66. The van der Waals surface area contributed by atoms with Crippen molar-refractivity contribution in [2.24, 2.45) is 0 Å². The fourth-order valence-electron chi connectivity index (χ4n) is 3.99. The summed E-state index contributed by atoms with van der Waals surface area (Å²) < 4.78 is 5.35. The van der Waals surface area contributed by atoms with Crippen molar-refractivity contribution < 1.29 is 19.1 Å². The molecule has 1 aromatic heterocycles. The van der Waals surface area contributed by atoms with Crippen molar-refractivity contribution in [3.8, 4) is 0 Å². The van der Waals surface area contributed by atoms with E-state index >= 15 is 0 Å². The molecular weight excluding hydrogens is 496 g/mol. The number of hydrogen-bond acceptors (Lipinski definition) is 6. The van der Waals surface area contributed by atoms with Crippen molar-refractivity contribution >= 4 is 17.9 Å². The smallest absolute Gasteiger partial charge is 0.408 e. The van der Waals surface area contributed by atoms with Crippen LogP contribution in [-0.2, 0) is 32.8 Å². The summed E-state index contributed by atoms with van der Waals surface area (Å²) in [6.45, 7) is 5.19. The van der Waals surface area contributed by atoms with Crippen molar-refractivity contribution in [3.63, 3.8) is 0 Å². The van der Waals surface area contributed by atoms with Crippen LogP contribution in [0, 0.1) is 0 Å². The molecule has 10 nitrogen and oxygen atoms in total. The zero-order valence-electron chi connectivity index (χ0n) is 22.8. The van der Waals surface area contributed by atoms with Crippen LogP contribution in [0.25, 0.3) is 0 Å². The van der Waals surface area contributed by atoms with Crippen LogP contribution in [-0.4, -0.2) is 72.0 Å². The Morgan fingerprint density at radius 3 is 2.38 bits per heavy atom. The van der Waals surface area contributed by atoms with E-state index in [0.717, 1.165) is 11.1 Å². The van der Waals surface area contributed by atoms with E-state index in [2.05, 4.69) is 39.8 Å². The fourth-order valence-corrected chi connectivity index (χ4v) is 3.99. The highest BCUT2D eigenvalue weighted by Crippen LogP contribution is 2.21. The van der Waals surface area contributed by atoms with E-state index < -0.39 is 18.0 Å². The Morgan fingerprint density at radius 1 is 1.05 bits per heavy atom. The van der Waals surface area contributed by atoms with Gasteiger partial charge < -0.3 is 30.6 Å². The Bertz CT molecular complexity index is 1170. The van der Waals surface area contributed by atoms with Gasteiger partial charge in [0.1, 0.15) is 12.6 Å². The lowest BCUT2D eigenvalue weighted by Gasteiger charge is -2.29. The predicted molar refractivity (Wildman–Crippen MR) is 149 cm³/mol. The first-order valence-electron chi connectivity index (χ1n) is 13.0. The number of H-pyrrole nitrogens is 1. The van der Waals surface area contributed by atoms with Gasteiger partial charge in [-0.1, -0.05) is 74.5 Å². The van der Waals surface area contributed by atoms with Crippen molar-refractivity contribution in [1.82, 2.24) is 30.8 Å². The summed E-state index contributed by atoms with van der Waals surface area (Å²) in [5, 5.41) is 8.65. The third-order valence-corrected chi connectivity index (χ3v) is 6.33. The summed E-state index contributed by atoms with van der Waals surface area (Å²) in [5.41, 5.74) is 2.24. The third-order valence-electron chi connectivity index (χ3n) is 6.33. The summed E-state index contributed by atoms with van der Waals surface area (Å²) in [6.07, 6.45) is 2.58. The van der Waals surface area contributed by atoms with Crippen LogP contribution in [0.1, 0.15) is 30.7 Å². The van der Waals surface area contributed by atoms with Crippen LogP contribution in [0.4, 0.5) is 4.79 Å². The first kappa shape index (κ1) is 29.4. The molecular formula is C29H38N6O4. The van der Waals surface area contributed by atoms with E-state index in [-0.39, 0.29) is 37.4 Å². The third kappa shape index (κ3) is 9.57. The summed E-state index contributed by atoms with van der Waals surface area (Å²) in [5.74, 6) is -0.684. The van der Waals surface area contributed by atoms with Gasteiger partial charge in [0.2, 0.25) is 11.8 Å². The first-order chi connectivity index (χ1) is 18.8. The van der Waals surface area contributed by atoms with Crippen LogP contribution in [0.15, 0.2) is 73.2 Å². The lowest BCUT2D eigenvalue weighted by Crippen LogP contribution is -2.53. The molecule has 2 aromatic carbocycles. The number of alkyl carbamates (subject to hydrolysis) is 1. The highest BCUT2D eigenvalue weighted by atomic mass is 16.5. The van der Waals surface area contributed by atoms with Gasteiger partial charge in [-0.25, -0.2) is 9.78 Å². The first-order valence-corrected chi connectivity index (χ1v) is 13.0. The van der Waals surface area contributed by atoms with Crippen LogP contribution in [0.5, 0.6) is 0 Å². The van der Waals surface area contributed by atoms with Crippen molar-refractivity contribution in [2.75, 3.05) is 33.2 Å². The van der Waals surface area contributed by atoms with Gasteiger partial charge in [0.25, 0.3) is 0 Å². The van der Waals surface area contributed by atoms with E-state index in [1.165, 1.54) is 11.2 Å². The Labute approximate surface area is 229 Å². The highest BCUT2D eigenvalue weighted by Gasteiger charge is 2.29. The molecule has 0 aliphatic rings. The second-order valence-electron chi connectivity index (χ2n) is 9.91. The molecule has 0 spiro atoms. The van der Waals surface area contributed by atoms with Gasteiger partial charge in [0.15, 0.2) is 0 Å². The zero-order valence-corrected chi connectivity index (χ0v) is 22.8. The maximum atomic E-state index is 13.7. The van der Waals surface area contributed by atoms with E-state index in [1.54, 1.807) is 13.2 Å². The van der Waals surface area contributed by atoms with E-state index in [1.807, 2.05) is 60.7 Å². The van der Waals surface area contributed by atoms with Crippen LogP contribution in [0.3, 0.4) is 0 Å². The molecule has 208 valence electrons. The number of nitrogens with zero attached hydrogens (tertiary/aromatic N) is 2. The van der Waals surface area contributed by atoms with Gasteiger partial charge in [0, 0.05) is 37.7 Å². The minimum Gasteiger partial charge on any atom is -0.445 e. The number of ether oxygens (including phenoxy) is 1. The van der Waals surface area contributed by atoms with E-state index in [0.29, 0.717) is 18.8 Å². The standard InChI is InChI=1S/C29H38N6O4/c1-29(2,23-12-8-5-9-13-23)20-32-26(36)18-35(15-14-30-3)27(37)25(16-24-17-31-21-33-24)34-28(38)39-19-22-10-6-4-7-11-22/h4-13,17,21,25,30H,14-16,18-20H2,1-3H3,(H,31,33)(H,32,36)(H,34,38)/t25-/m0/s1. The molecule has 0 fully saturated rings. The second kappa shape index (κ2) is 14.7. The summed E-state index contributed by atoms with van der Waals surface area (Å²) >= 11 is 0. The van der Waals surface area contributed by atoms with Gasteiger partial charge in [-0.3, -0.25) is 9.59 Å². The zero-order chi connectivity index (χ0) is 28.1. The highest BCUT2D eigenvalue weighted by molar-refractivity contribution is 5.89. The molecule has 0 radical (unpaired) electrons. The van der Waals surface area contributed by atoms with Crippen molar-refractivity contribution in [3.05, 3.63) is 90.0 Å². The molecule has 1 heterocycles. The molecule has 39 heavy (non-hydrogen) atoms. The van der Waals surface area contributed by atoms with Gasteiger partial charge in [-0.2, -0.15) is 0 Å². The number of carbonyl (C=O) groups is 3. The SMILES string of the molecule is CNCCN(CC(=O)NCC(C)(C)c1ccccc1)C(=O)[C@H](Cc1c[nH]cn1)NC(=O)OCc1ccccc1. The lowest BCUT2D eigenvalue weighted by molar-refractivity contribution is -0.137. The molecule has 0 aliphatic heterocycles. The number of benzene rings is 2. The number of aromatic amines is 1. The predicted octanol–water partition coefficient (Wildman–Crippen LogP) is 2.39. The summed E-state index contributed by atoms with van der Waals surface area (Å²) in [6, 6.07) is 18.2. The summed E-state index contributed by atoms with van der Waals surface area (Å²) in [7, 11) is 1.77. The fraction of sp³-hybridized carbons (Fsp3) is 0.379. The number of amides is 3. The Morgan fingerprint density at radius 2 is 1.74 bits per heavy atom. The Kier molecular flexibility index (Phi) is 11.1. The normalized spacial score (nSPS) is 11.9. The average molecular weight is 535 g/mol. The van der Waals surface area contributed by atoms with Crippen LogP contribution < -0.4 is 16.0 Å². The van der Waals surface area contributed by atoms with Gasteiger partial charge in [-0.05, 0) is 18.2 Å². The molecule has 10 heteroatoms. The number of carbonyl (C=O) groups excluding carboxylic acids is 3. The number of hydrogen-bond donors (Lipinski definition) is 4. The topological polar surface area (TPSA) is 128 Å². The van der Waals surface area contributed by atoms with E-state index in [4.69, 9.17) is 4.74 Å². The molecule has 1 atom stereocenters. The van der Waals surface area contributed by atoms with Gasteiger partial charge in [0.05, 0.1) is 18.6 Å². The molecule has 0 aliphatic carbocycles. The maximum Gasteiger partial charge on any atom is 0.408 e. The lowest BCUT2D eigenvalue weighted by atomic mass is 9.84. The van der Waals surface area contributed by atoms with Gasteiger partial charge >= 0.3 is 6.09 Å². The monoisotopic (exact) mass is 534 g/mol. The van der Waals surface area contributed by atoms with E-state index in [9.17, 15) is 14.4 Å². The Hall–Kier alpha value is -4.18. The number of likely N-dealkylation sites (N-methyl/N-ethyl adjacent to an activating group) is 1. The van der Waals surface area contributed by atoms with Crippen LogP contribution >= 0.6 is 0 Å². The second-order valence-corrected chi connectivity index (χ2v) is 9.91. The number of imidazole rings is 1. The maximum absolute atomic E-state index is 13.7. The molecule has 0 saturated heterocycles. The van der Waals surface area contributed by atoms with Crippen LogP contribution in [0.2, 0.25) is 0 Å². The average Bonchev–Trinajstić information content (AvgIpc) is 3.46. The number of rotatable bonds is 14. The van der Waals surface area contributed by atoms with Crippen molar-refractivity contribution in [2.45, 2.75) is 38.3 Å². The molecule has 0 bridgehead atoms.